The van der Waals surface area contributed by atoms with E-state index in [9.17, 15) is 0 Å². The summed E-state index contributed by atoms with van der Waals surface area (Å²) >= 11 is 0. The second-order valence-corrected chi connectivity index (χ2v) is 8.43. The van der Waals surface area contributed by atoms with E-state index in [-0.39, 0.29) is 11.3 Å². The van der Waals surface area contributed by atoms with Gasteiger partial charge in [0.1, 0.15) is 12.6 Å². The van der Waals surface area contributed by atoms with Gasteiger partial charge in [-0.15, -0.1) is 0 Å². The van der Waals surface area contributed by atoms with Gasteiger partial charge in [0.2, 0.25) is 11.4 Å². The molecule has 5 heterocycles. The first-order chi connectivity index (χ1) is 17.9. The number of rotatable bonds is 1. The van der Waals surface area contributed by atoms with Crippen LogP contribution in [0.15, 0.2) is 65.2 Å². The van der Waals surface area contributed by atoms with Gasteiger partial charge in [0.15, 0.2) is 11.8 Å². The first-order valence-electron chi connectivity index (χ1n) is 13.5. The lowest BCUT2D eigenvalue weighted by molar-refractivity contribution is -0.660. The minimum absolute atomic E-state index is 0.000801. The number of aryl methyl sites for hydroxylation is 4. The maximum absolute atomic E-state index is 7.80. The average Bonchev–Trinajstić information content (AvgIpc) is 3.48. The van der Waals surface area contributed by atoms with Crippen LogP contribution in [0.25, 0.3) is 60.6 Å². The van der Waals surface area contributed by atoms with Crippen LogP contribution in [0.1, 0.15) is 25.0 Å². The van der Waals surface area contributed by atoms with Crippen molar-refractivity contribution in [3.63, 3.8) is 0 Å². The fourth-order valence-corrected chi connectivity index (χ4v) is 5.24. The molecule has 0 unspecified atom stereocenters. The van der Waals surface area contributed by atoms with Gasteiger partial charge in [0.25, 0.3) is 0 Å². The van der Waals surface area contributed by atoms with Crippen molar-refractivity contribution in [2.24, 2.45) is 7.05 Å². The lowest BCUT2D eigenvalue weighted by atomic mass is 9.97. The SMILES string of the molecule is [2H]C([2H])([2H])c1ccc(-c2c(C)ccc3c2c2cccc4c5oc6nc(C([2H])([2H])[2H])ccc6c5n3c42)[n+](C)c1. The van der Waals surface area contributed by atoms with Gasteiger partial charge in [0.05, 0.1) is 22.0 Å². The van der Waals surface area contributed by atoms with Gasteiger partial charge in [-0.05, 0) is 56.5 Å². The number of hydrogen-bond acceptors (Lipinski definition) is 2. The van der Waals surface area contributed by atoms with Gasteiger partial charge in [-0.3, -0.25) is 0 Å². The molecule has 0 saturated carbocycles. The van der Waals surface area contributed by atoms with Crippen LogP contribution < -0.4 is 4.57 Å². The number of para-hydroxylation sites is 1. The molecule has 7 rings (SSSR count). The zero-order chi connectivity index (χ0) is 26.7. The van der Waals surface area contributed by atoms with Crippen LogP contribution in [0.4, 0.5) is 0 Å². The monoisotopic (exact) mass is 422 g/mol. The molecule has 0 N–H and O–H groups in total. The molecule has 0 fully saturated rings. The van der Waals surface area contributed by atoms with Gasteiger partial charge in [-0.1, -0.05) is 18.2 Å². The molecule has 0 spiro atoms. The molecule has 0 atom stereocenters. The molecule has 2 aromatic carbocycles. The van der Waals surface area contributed by atoms with E-state index in [1.165, 1.54) is 0 Å². The molecule has 0 aliphatic rings. The fraction of sp³-hybridized carbons (Fsp3) is 0.143. The number of furan rings is 1. The highest BCUT2D eigenvalue weighted by molar-refractivity contribution is 6.27. The molecule has 4 nitrogen and oxygen atoms in total. The van der Waals surface area contributed by atoms with Crippen molar-refractivity contribution < 1.29 is 17.2 Å². The van der Waals surface area contributed by atoms with E-state index in [4.69, 9.17) is 12.6 Å². The topological polar surface area (TPSA) is 34.3 Å². The molecule has 7 aromatic rings. The maximum Gasteiger partial charge on any atom is 0.229 e. The highest BCUT2D eigenvalue weighted by Gasteiger charge is 2.26. The van der Waals surface area contributed by atoms with Crippen molar-refractivity contribution >= 4 is 49.4 Å². The van der Waals surface area contributed by atoms with Gasteiger partial charge in [-0.25, -0.2) is 9.55 Å². The third kappa shape index (κ3) is 2.07. The number of pyridine rings is 2. The maximum atomic E-state index is 7.80. The Labute approximate surface area is 193 Å². The zero-order valence-corrected chi connectivity index (χ0v) is 17.5. The molecule has 0 amide bonds. The summed E-state index contributed by atoms with van der Waals surface area (Å²) in [7, 11) is 1.87. The largest absolute Gasteiger partial charge is 0.435 e. The summed E-state index contributed by atoms with van der Waals surface area (Å²) in [6.45, 7) is -2.45. The quantitative estimate of drug-likeness (QED) is 0.287. The predicted molar refractivity (Wildman–Crippen MR) is 129 cm³/mol. The Kier molecular flexibility index (Phi) is 2.35. The first kappa shape index (κ1) is 12.8. The normalized spacial score (nSPS) is 15.9. The number of hydrogen-bond donors (Lipinski definition) is 0. The van der Waals surface area contributed by atoms with Gasteiger partial charge < -0.3 is 8.82 Å². The van der Waals surface area contributed by atoms with Crippen LogP contribution in [-0.2, 0) is 7.05 Å². The zero-order valence-electron chi connectivity index (χ0n) is 23.5. The summed E-state index contributed by atoms with van der Waals surface area (Å²) in [4.78, 5) is 4.34. The Morgan fingerprint density at radius 2 is 1.84 bits per heavy atom. The lowest BCUT2D eigenvalue weighted by Gasteiger charge is -2.08. The molecule has 4 heteroatoms. The highest BCUT2D eigenvalue weighted by atomic mass is 16.3. The summed E-state index contributed by atoms with van der Waals surface area (Å²) in [6.07, 6.45) is 1.67. The molecule has 0 aliphatic carbocycles. The minimum atomic E-state index is -2.33. The molecule has 0 radical (unpaired) electrons. The molecule has 0 bridgehead atoms. The van der Waals surface area contributed by atoms with E-state index < -0.39 is 13.7 Å². The van der Waals surface area contributed by atoms with Crippen molar-refractivity contribution in [2.45, 2.75) is 20.6 Å². The van der Waals surface area contributed by atoms with Crippen LogP contribution in [0.5, 0.6) is 0 Å². The number of fused-ring (bicyclic) bond motifs is 8. The summed E-state index contributed by atoms with van der Waals surface area (Å²) in [5, 5.41) is 3.79. The summed E-state index contributed by atoms with van der Waals surface area (Å²) < 4.78 is 56.9. The Bertz CT molecular complexity index is 2080. The average molecular weight is 423 g/mol. The van der Waals surface area contributed by atoms with E-state index in [1.54, 1.807) is 24.4 Å². The summed E-state index contributed by atoms with van der Waals surface area (Å²) in [5.41, 5.74) is 7.12. The second kappa shape index (κ2) is 5.86. The minimum Gasteiger partial charge on any atom is -0.435 e. The summed E-state index contributed by atoms with van der Waals surface area (Å²) in [6, 6.07) is 17.1. The molecule has 0 aliphatic heterocycles. The molecule has 5 aromatic heterocycles. The predicted octanol–water partition coefficient (Wildman–Crippen LogP) is 6.39. The van der Waals surface area contributed by atoms with Crippen molar-refractivity contribution in [3.05, 3.63) is 77.6 Å². The van der Waals surface area contributed by atoms with Crippen molar-refractivity contribution in [2.75, 3.05) is 0 Å². The fourth-order valence-electron chi connectivity index (χ4n) is 5.24. The lowest BCUT2D eigenvalue weighted by Crippen LogP contribution is -2.31. The Morgan fingerprint density at radius 3 is 2.69 bits per heavy atom. The third-order valence-corrected chi connectivity index (χ3v) is 6.55. The van der Waals surface area contributed by atoms with E-state index in [0.29, 0.717) is 11.3 Å². The van der Waals surface area contributed by atoms with E-state index >= 15 is 0 Å². The summed E-state index contributed by atoms with van der Waals surface area (Å²) in [5.74, 6) is 0. The van der Waals surface area contributed by atoms with Crippen LogP contribution in [0.3, 0.4) is 0 Å². The van der Waals surface area contributed by atoms with Crippen molar-refractivity contribution in [1.29, 1.82) is 0 Å². The standard InChI is InChI=1S/C28H22N3O/c1-15-8-12-21(30(4)14-15)23-16(2)9-13-22-24(23)18-6-5-7-19-25(18)31(22)26-20-11-10-17(3)29-28(20)32-27(19)26/h5-14H,1-4H3/q+1/i1D3,3D3. The molecule has 154 valence electrons. The van der Waals surface area contributed by atoms with Crippen LogP contribution in [0.2, 0.25) is 0 Å². The van der Waals surface area contributed by atoms with Gasteiger partial charge >= 0.3 is 0 Å². The van der Waals surface area contributed by atoms with E-state index in [2.05, 4.69) is 34.5 Å². The third-order valence-electron chi connectivity index (χ3n) is 6.55. The number of benzene rings is 2. The van der Waals surface area contributed by atoms with E-state index in [1.807, 2.05) is 29.8 Å². The Balaban J connectivity index is 1.61. The molecule has 0 saturated heterocycles. The second-order valence-electron chi connectivity index (χ2n) is 8.43. The Morgan fingerprint density at radius 1 is 0.938 bits per heavy atom. The van der Waals surface area contributed by atoms with E-state index in [0.717, 1.165) is 54.9 Å². The van der Waals surface area contributed by atoms with Gasteiger partial charge in [0, 0.05) is 41.7 Å². The highest BCUT2D eigenvalue weighted by Crippen LogP contribution is 2.45. The number of aromatic nitrogens is 3. The van der Waals surface area contributed by atoms with Crippen LogP contribution in [-0.4, -0.2) is 9.38 Å². The smallest absolute Gasteiger partial charge is 0.229 e. The first-order valence-corrected chi connectivity index (χ1v) is 10.5. The van der Waals surface area contributed by atoms with Crippen LogP contribution in [0, 0.1) is 20.6 Å². The number of nitrogens with zero attached hydrogens (tertiary/aromatic N) is 3. The molecular weight excluding hydrogens is 394 g/mol. The van der Waals surface area contributed by atoms with Crippen molar-refractivity contribution in [1.82, 2.24) is 9.38 Å². The van der Waals surface area contributed by atoms with Crippen LogP contribution >= 0.6 is 0 Å². The van der Waals surface area contributed by atoms with Gasteiger partial charge in [-0.2, -0.15) is 0 Å². The Hall–Kier alpha value is -3.92. The molecular formula is C28H22N3O+. The molecule has 32 heavy (non-hydrogen) atoms. The van der Waals surface area contributed by atoms with Crippen molar-refractivity contribution in [3.8, 4) is 11.3 Å².